The Balaban J connectivity index is 1.71. The van der Waals surface area contributed by atoms with Crippen LogP contribution < -0.4 is 0 Å². The zero-order valence-corrected chi connectivity index (χ0v) is 16.8. The first-order chi connectivity index (χ1) is 12.0. The summed E-state index contributed by atoms with van der Waals surface area (Å²) in [5.74, 6) is 0.936. The first kappa shape index (κ1) is 18.0. The first-order valence-corrected chi connectivity index (χ1v) is 9.34. The second-order valence-electron chi connectivity index (χ2n) is 6.18. The van der Waals surface area contributed by atoms with Gasteiger partial charge in [0.15, 0.2) is 4.77 Å². The lowest BCUT2D eigenvalue weighted by Crippen LogP contribution is -2.22. The summed E-state index contributed by atoms with van der Waals surface area (Å²) >= 11 is 9.11. The maximum absolute atomic E-state index is 5.64. The Morgan fingerprint density at radius 1 is 1.04 bits per heavy atom. The average Bonchev–Trinajstić information content (AvgIpc) is 2.85. The van der Waals surface area contributed by atoms with E-state index in [4.69, 9.17) is 12.2 Å². The third-order valence-electron chi connectivity index (χ3n) is 4.03. The molecule has 2 aromatic carbocycles. The Hall–Kier alpha value is -1.76. The van der Waals surface area contributed by atoms with Gasteiger partial charge in [-0.1, -0.05) is 58.4 Å². The minimum Gasteiger partial charge on any atom is -0.300 e. The van der Waals surface area contributed by atoms with Crippen molar-refractivity contribution in [2.75, 3.05) is 7.05 Å². The van der Waals surface area contributed by atoms with E-state index in [1.54, 1.807) is 0 Å². The van der Waals surface area contributed by atoms with Crippen LogP contribution in [0.5, 0.6) is 0 Å². The Bertz CT molecular complexity index is 884. The molecule has 1 heterocycles. The van der Waals surface area contributed by atoms with Gasteiger partial charge in [0.05, 0.1) is 13.2 Å². The third-order valence-corrected chi connectivity index (χ3v) is 4.99. The predicted molar refractivity (Wildman–Crippen MR) is 107 cm³/mol. The zero-order valence-electron chi connectivity index (χ0n) is 14.4. The van der Waals surface area contributed by atoms with Crippen molar-refractivity contribution >= 4 is 28.1 Å². The van der Waals surface area contributed by atoms with Crippen molar-refractivity contribution in [2.24, 2.45) is 0 Å². The molecule has 4 nitrogen and oxygen atoms in total. The molecule has 0 bridgehead atoms. The highest BCUT2D eigenvalue weighted by Gasteiger charge is 2.10. The molecule has 0 radical (unpaired) electrons. The number of hydrogen-bond acceptors (Lipinski definition) is 3. The Morgan fingerprint density at radius 2 is 1.72 bits per heavy atom. The number of hydrogen-bond donors (Lipinski definition) is 0. The number of benzene rings is 2. The summed E-state index contributed by atoms with van der Waals surface area (Å²) in [5.41, 5.74) is 2.49. The lowest BCUT2D eigenvalue weighted by Gasteiger charge is -2.16. The van der Waals surface area contributed by atoms with Gasteiger partial charge in [0.25, 0.3) is 0 Å². The highest BCUT2D eigenvalue weighted by atomic mass is 79.9. The van der Waals surface area contributed by atoms with E-state index in [1.807, 2.05) is 29.8 Å². The van der Waals surface area contributed by atoms with E-state index in [1.165, 1.54) is 11.1 Å². The van der Waals surface area contributed by atoms with Gasteiger partial charge < -0.3 is 0 Å². The molecule has 0 aliphatic heterocycles. The molecule has 0 aliphatic carbocycles. The van der Waals surface area contributed by atoms with Gasteiger partial charge in [-0.3, -0.25) is 9.47 Å². The fourth-order valence-corrected chi connectivity index (χ4v) is 3.33. The van der Waals surface area contributed by atoms with Gasteiger partial charge in [0.2, 0.25) is 0 Å². The predicted octanol–water partition coefficient (Wildman–Crippen LogP) is 4.62. The monoisotopic (exact) mass is 416 g/mol. The van der Waals surface area contributed by atoms with Gasteiger partial charge in [0.1, 0.15) is 5.82 Å². The molecule has 3 aromatic rings. The number of aryl methyl sites for hydroxylation is 1. The molecule has 0 atom stereocenters. The van der Waals surface area contributed by atoms with Crippen molar-refractivity contribution in [3.63, 3.8) is 0 Å². The summed E-state index contributed by atoms with van der Waals surface area (Å²) in [6.07, 6.45) is 0. The van der Waals surface area contributed by atoms with Gasteiger partial charge in [-0.2, -0.15) is 5.10 Å². The average molecular weight is 417 g/mol. The van der Waals surface area contributed by atoms with Gasteiger partial charge in [-0.25, -0.2) is 4.68 Å². The minimum atomic E-state index is 0.664. The first-order valence-electron chi connectivity index (χ1n) is 8.14. The molecule has 3 rings (SSSR count). The molecular formula is C19H21BrN4S. The van der Waals surface area contributed by atoms with Crippen molar-refractivity contribution in [3.8, 4) is 0 Å². The van der Waals surface area contributed by atoms with Crippen molar-refractivity contribution < 1.29 is 0 Å². The molecule has 0 spiro atoms. The molecule has 25 heavy (non-hydrogen) atoms. The molecule has 0 N–H and O–H groups in total. The fraction of sp³-hybridized carbons (Fsp3) is 0.263. The summed E-state index contributed by atoms with van der Waals surface area (Å²) in [6, 6.07) is 18.7. The van der Waals surface area contributed by atoms with Crippen LogP contribution in [0.4, 0.5) is 0 Å². The lowest BCUT2D eigenvalue weighted by atomic mass is 10.2. The molecule has 6 heteroatoms. The standard InChI is InChI=1S/C19H21BrN4S/c1-15-21-24(14-22(2)12-17-8-10-18(20)11-9-17)19(25)23(15)13-16-6-4-3-5-7-16/h3-11H,12-14H2,1-2H3. The number of rotatable bonds is 6. The number of halogens is 1. The minimum absolute atomic E-state index is 0.664. The second-order valence-corrected chi connectivity index (χ2v) is 7.46. The molecule has 1 aromatic heterocycles. The molecule has 0 saturated carbocycles. The van der Waals surface area contributed by atoms with E-state index < -0.39 is 0 Å². The van der Waals surface area contributed by atoms with Crippen LogP contribution in [0.1, 0.15) is 17.0 Å². The van der Waals surface area contributed by atoms with E-state index in [0.29, 0.717) is 6.67 Å². The smallest absolute Gasteiger partial charge is 0.199 e. The van der Waals surface area contributed by atoms with E-state index in [-0.39, 0.29) is 0 Å². The van der Waals surface area contributed by atoms with Crippen LogP contribution in [-0.2, 0) is 19.8 Å². The topological polar surface area (TPSA) is 26.0 Å². The highest BCUT2D eigenvalue weighted by Crippen LogP contribution is 2.13. The number of nitrogens with zero attached hydrogens (tertiary/aromatic N) is 4. The molecular weight excluding hydrogens is 396 g/mol. The van der Waals surface area contributed by atoms with Crippen LogP contribution in [0.3, 0.4) is 0 Å². The van der Waals surface area contributed by atoms with Gasteiger partial charge in [-0.05, 0) is 49.4 Å². The van der Waals surface area contributed by atoms with Crippen molar-refractivity contribution in [1.29, 1.82) is 0 Å². The van der Waals surface area contributed by atoms with E-state index in [0.717, 1.165) is 28.2 Å². The van der Waals surface area contributed by atoms with Crippen LogP contribution in [0.25, 0.3) is 0 Å². The normalized spacial score (nSPS) is 11.2. The van der Waals surface area contributed by atoms with E-state index in [9.17, 15) is 0 Å². The lowest BCUT2D eigenvalue weighted by molar-refractivity contribution is 0.243. The fourth-order valence-electron chi connectivity index (χ4n) is 2.77. The molecule has 0 aliphatic rings. The molecule has 0 amide bonds. The van der Waals surface area contributed by atoms with Crippen molar-refractivity contribution in [2.45, 2.75) is 26.7 Å². The van der Waals surface area contributed by atoms with Crippen LogP contribution >= 0.6 is 28.1 Å². The summed E-state index contributed by atoms with van der Waals surface area (Å²) in [7, 11) is 2.08. The molecule has 0 fully saturated rings. The van der Waals surface area contributed by atoms with Crippen LogP contribution in [-0.4, -0.2) is 26.3 Å². The van der Waals surface area contributed by atoms with E-state index in [2.05, 4.69) is 73.9 Å². The van der Waals surface area contributed by atoms with Gasteiger partial charge in [-0.15, -0.1) is 0 Å². The van der Waals surface area contributed by atoms with Crippen molar-refractivity contribution in [1.82, 2.24) is 19.2 Å². The maximum atomic E-state index is 5.64. The SMILES string of the molecule is Cc1nn(CN(C)Cc2ccc(Br)cc2)c(=S)n1Cc1ccccc1. The number of aromatic nitrogens is 3. The summed E-state index contributed by atoms with van der Waals surface area (Å²) in [5, 5.41) is 4.63. The van der Waals surface area contributed by atoms with Gasteiger partial charge >= 0.3 is 0 Å². The largest absolute Gasteiger partial charge is 0.300 e. The molecule has 0 saturated heterocycles. The second kappa shape index (κ2) is 8.08. The molecule has 130 valence electrons. The third kappa shape index (κ3) is 4.66. The van der Waals surface area contributed by atoms with Crippen LogP contribution in [0, 0.1) is 11.7 Å². The van der Waals surface area contributed by atoms with Crippen molar-refractivity contribution in [3.05, 3.63) is 80.8 Å². The van der Waals surface area contributed by atoms with Gasteiger partial charge in [0, 0.05) is 11.0 Å². The maximum Gasteiger partial charge on any atom is 0.199 e. The van der Waals surface area contributed by atoms with Crippen LogP contribution in [0.2, 0.25) is 0 Å². The van der Waals surface area contributed by atoms with Crippen LogP contribution in [0.15, 0.2) is 59.1 Å². The highest BCUT2D eigenvalue weighted by molar-refractivity contribution is 9.10. The summed E-state index contributed by atoms with van der Waals surface area (Å²) in [4.78, 5) is 2.21. The summed E-state index contributed by atoms with van der Waals surface area (Å²) < 4.78 is 5.82. The molecule has 0 unspecified atom stereocenters. The Labute approximate surface area is 161 Å². The zero-order chi connectivity index (χ0) is 17.8. The van der Waals surface area contributed by atoms with E-state index >= 15 is 0 Å². The quantitative estimate of drug-likeness (QED) is 0.548. The Kier molecular flexibility index (Phi) is 5.83. The summed E-state index contributed by atoms with van der Waals surface area (Å²) in [6.45, 7) is 4.27. The Morgan fingerprint density at radius 3 is 2.40 bits per heavy atom.